The van der Waals surface area contributed by atoms with E-state index in [9.17, 15) is 9.90 Å². The zero-order chi connectivity index (χ0) is 27.5. The molecule has 0 bridgehead atoms. The van der Waals surface area contributed by atoms with Crippen molar-refractivity contribution in [2.75, 3.05) is 11.9 Å². The molecule has 0 aliphatic heterocycles. The van der Waals surface area contributed by atoms with Crippen molar-refractivity contribution in [3.63, 3.8) is 0 Å². The van der Waals surface area contributed by atoms with E-state index in [1.54, 1.807) is 48.5 Å². The molecule has 0 spiro atoms. The number of hydrogen-bond donors (Lipinski definition) is 2. The molecule has 1 aliphatic carbocycles. The molecule has 1 fully saturated rings. The van der Waals surface area contributed by atoms with Gasteiger partial charge >= 0.3 is 5.97 Å². The van der Waals surface area contributed by atoms with Gasteiger partial charge in [-0.3, -0.25) is 0 Å². The van der Waals surface area contributed by atoms with Crippen molar-refractivity contribution in [3.05, 3.63) is 97.7 Å². The Hall–Kier alpha value is -3.63. The third kappa shape index (κ3) is 6.17. The summed E-state index contributed by atoms with van der Waals surface area (Å²) < 4.78 is 11.8. The van der Waals surface area contributed by atoms with Crippen molar-refractivity contribution in [2.45, 2.75) is 32.3 Å². The Kier molecular flexibility index (Phi) is 8.04. The maximum absolute atomic E-state index is 11.5. The molecular formula is C30H23Cl3N2O4. The lowest BCUT2D eigenvalue weighted by Gasteiger charge is -2.10. The monoisotopic (exact) mass is 580 g/mol. The van der Waals surface area contributed by atoms with Gasteiger partial charge in [0.25, 0.3) is 0 Å². The van der Waals surface area contributed by atoms with Crippen molar-refractivity contribution >= 4 is 46.5 Å². The number of carboxylic acids is 1. The van der Waals surface area contributed by atoms with Gasteiger partial charge in [0, 0.05) is 40.9 Å². The molecule has 9 heteroatoms. The molecule has 198 valence electrons. The summed E-state index contributed by atoms with van der Waals surface area (Å²) in [5.74, 6) is 6.66. The first-order valence-corrected chi connectivity index (χ1v) is 13.5. The predicted molar refractivity (Wildman–Crippen MR) is 153 cm³/mol. The van der Waals surface area contributed by atoms with Gasteiger partial charge in [0.15, 0.2) is 0 Å². The molecule has 3 aromatic carbocycles. The maximum Gasteiger partial charge on any atom is 0.335 e. The maximum atomic E-state index is 11.5. The van der Waals surface area contributed by atoms with Crippen LogP contribution in [0.3, 0.4) is 0 Å². The lowest BCUT2D eigenvalue weighted by atomic mass is 10.0. The van der Waals surface area contributed by atoms with Crippen molar-refractivity contribution in [3.8, 4) is 28.8 Å². The van der Waals surface area contributed by atoms with Crippen molar-refractivity contribution in [2.24, 2.45) is 0 Å². The summed E-state index contributed by atoms with van der Waals surface area (Å²) in [5, 5.41) is 18.2. The Balaban J connectivity index is 1.37. The number of nitrogens with one attached hydrogen (secondary N) is 1. The minimum atomic E-state index is -1.02. The number of ether oxygens (including phenoxy) is 1. The predicted octanol–water partition coefficient (Wildman–Crippen LogP) is 8.29. The smallest absolute Gasteiger partial charge is 0.335 e. The van der Waals surface area contributed by atoms with E-state index in [1.807, 2.05) is 6.92 Å². The van der Waals surface area contributed by atoms with Crippen LogP contribution in [-0.2, 0) is 6.61 Å². The van der Waals surface area contributed by atoms with Crippen LogP contribution < -0.4 is 10.1 Å². The second kappa shape index (κ2) is 11.6. The fourth-order valence-corrected chi connectivity index (χ4v) is 4.95. The molecule has 0 saturated heterocycles. The SMILES string of the molecule is CCNc1cc(C#Cc2ccc(OCc3c(-c4c(Cl)cccc4Cl)noc3C3CC3)cc2Cl)cc(C(=O)O)c1. The number of anilines is 1. The summed E-state index contributed by atoms with van der Waals surface area (Å²) in [6.45, 7) is 2.79. The van der Waals surface area contributed by atoms with Crippen LogP contribution in [0, 0.1) is 11.8 Å². The molecule has 0 radical (unpaired) electrons. The molecule has 0 unspecified atom stereocenters. The number of rotatable bonds is 8. The molecule has 6 nitrogen and oxygen atoms in total. The molecule has 5 rings (SSSR count). The first-order valence-electron chi connectivity index (χ1n) is 12.3. The van der Waals surface area contributed by atoms with Crippen LogP contribution in [0.4, 0.5) is 5.69 Å². The van der Waals surface area contributed by atoms with Crippen LogP contribution in [0.1, 0.15) is 58.5 Å². The van der Waals surface area contributed by atoms with Gasteiger partial charge in [-0.1, -0.05) is 57.9 Å². The van der Waals surface area contributed by atoms with Crippen LogP contribution in [-0.4, -0.2) is 22.8 Å². The van der Waals surface area contributed by atoms with Crippen LogP contribution in [0.25, 0.3) is 11.3 Å². The number of aromatic nitrogens is 1. The van der Waals surface area contributed by atoms with Crippen molar-refractivity contribution < 1.29 is 19.2 Å². The topological polar surface area (TPSA) is 84.6 Å². The van der Waals surface area contributed by atoms with Gasteiger partial charge < -0.3 is 19.7 Å². The standard InChI is InChI=1S/C30H23Cl3N2O4/c1-2-34-21-13-17(12-20(14-21)30(36)37)6-7-18-10-11-22(15-26(18)33)38-16-23-28(35-39-29(23)19-8-9-19)27-24(31)4-3-5-25(27)32/h3-5,10-15,19,34H,2,8-9,16H2,1H3,(H,36,37). The molecule has 1 heterocycles. The molecule has 4 aromatic rings. The van der Waals surface area contributed by atoms with Gasteiger partial charge in [-0.05, 0) is 62.2 Å². The van der Waals surface area contributed by atoms with Gasteiger partial charge in [0.05, 0.1) is 26.2 Å². The summed E-state index contributed by atoms with van der Waals surface area (Å²) in [4.78, 5) is 11.5. The summed E-state index contributed by atoms with van der Waals surface area (Å²) in [6.07, 6.45) is 2.06. The van der Waals surface area contributed by atoms with E-state index in [1.165, 1.54) is 6.07 Å². The number of aromatic carboxylic acids is 1. The lowest BCUT2D eigenvalue weighted by Crippen LogP contribution is -2.02. The Labute approximate surface area is 240 Å². The molecule has 0 atom stereocenters. The van der Waals surface area contributed by atoms with Gasteiger partial charge in [-0.15, -0.1) is 0 Å². The third-order valence-electron chi connectivity index (χ3n) is 6.19. The van der Waals surface area contributed by atoms with Crippen LogP contribution in [0.5, 0.6) is 5.75 Å². The normalized spacial score (nSPS) is 12.5. The van der Waals surface area contributed by atoms with E-state index in [-0.39, 0.29) is 12.2 Å². The molecule has 39 heavy (non-hydrogen) atoms. The van der Waals surface area contributed by atoms with Crippen LogP contribution in [0.15, 0.2) is 59.1 Å². The number of carboxylic acid groups (broad SMARTS) is 1. The number of carbonyl (C=O) groups is 1. The van der Waals surface area contributed by atoms with E-state index in [2.05, 4.69) is 22.3 Å². The summed E-state index contributed by atoms with van der Waals surface area (Å²) in [6, 6.07) is 15.4. The highest BCUT2D eigenvalue weighted by molar-refractivity contribution is 6.39. The summed E-state index contributed by atoms with van der Waals surface area (Å²) in [5.41, 5.74) is 3.99. The Morgan fingerprint density at radius 2 is 1.85 bits per heavy atom. The Morgan fingerprint density at radius 3 is 2.51 bits per heavy atom. The fourth-order valence-electron chi connectivity index (χ4n) is 4.16. The molecule has 1 saturated carbocycles. The minimum Gasteiger partial charge on any atom is -0.489 e. The van der Waals surface area contributed by atoms with E-state index in [4.69, 9.17) is 44.1 Å². The van der Waals surface area contributed by atoms with Gasteiger partial charge in [0.1, 0.15) is 23.8 Å². The van der Waals surface area contributed by atoms with Crippen LogP contribution in [0.2, 0.25) is 15.1 Å². The highest BCUT2D eigenvalue weighted by atomic mass is 35.5. The molecule has 1 aliphatic rings. The molecule has 1 aromatic heterocycles. The molecular weight excluding hydrogens is 559 g/mol. The number of hydrogen-bond acceptors (Lipinski definition) is 5. The quantitative estimate of drug-likeness (QED) is 0.204. The number of nitrogens with zero attached hydrogens (tertiary/aromatic N) is 1. The van der Waals surface area contributed by atoms with Crippen LogP contribution >= 0.6 is 34.8 Å². The highest BCUT2D eigenvalue weighted by Gasteiger charge is 2.33. The lowest BCUT2D eigenvalue weighted by molar-refractivity contribution is 0.0697. The minimum absolute atomic E-state index is 0.157. The summed E-state index contributed by atoms with van der Waals surface area (Å²) in [7, 11) is 0. The number of benzene rings is 3. The largest absolute Gasteiger partial charge is 0.489 e. The average molecular weight is 582 g/mol. The summed E-state index contributed by atoms with van der Waals surface area (Å²) >= 11 is 19.4. The fraction of sp³-hybridized carbons (Fsp3) is 0.200. The molecule has 2 N–H and O–H groups in total. The zero-order valence-electron chi connectivity index (χ0n) is 20.9. The Morgan fingerprint density at radius 1 is 1.08 bits per heavy atom. The van der Waals surface area contributed by atoms with E-state index >= 15 is 0 Å². The van der Waals surface area contributed by atoms with E-state index in [0.29, 0.717) is 61.4 Å². The van der Waals surface area contributed by atoms with Crippen molar-refractivity contribution in [1.82, 2.24) is 5.16 Å². The van der Waals surface area contributed by atoms with Gasteiger partial charge in [-0.25, -0.2) is 4.79 Å². The first-order chi connectivity index (χ1) is 18.8. The average Bonchev–Trinajstić information content (AvgIpc) is 3.67. The second-order valence-corrected chi connectivity index (χ2v) is 10.3. The van der Waals surface area contributed by atoms with Gasteiger partial charge in [-0.2, -0.15) is 0 Å². The zero-order valence-corrected chi connectivity index (χ0v) is 23.1. The molecule has 0 amide bonds. The first kappa shape index (κ1) is 27.0. The van der Waals surface area contributed by atoms with Crippen molar-refractivity contribution in [1.29, 1.82) is 0 Å². The van der Waals surface area contributed by atoms with Gasteiger partial charge in [0.2, 0.25) is 0 Å². The third-order valence-corrected chi connectivity index (χ3v) is 7.14. The van der Waals surface area contributed by atoms with E-state index in [0.717, 1.165) is 24.2 Å². The second-order valence-electron chi connectivity index (χ2n) is 9.06. The number of halogens is 3. The Bertz CT molecular complexity index is 1600. The van der Waals surface area contributed by atoms with E-state index < -0.39 is 5.97 Å². The highest BCUT2D eigenvalue weighted by Crippen LogP contribution is 2.46.